The second-order valence-electron chi connectivity index (χ2n) is 7.16. The number of aromatic nitrogens is 3. The number of nitrogens with zero attached hydrogens (tertiary/aromatic N) is 3. The molecule has 0 fully saturated rings. The zero-order valence-electron chi connectivity index (χ0n) is 17.3. The van der Waals surface area contributed by atoms with E-state index in [0.29, 0.717) is 18.7 Å². The Morgan fingerprint density at radius 1 is 1.13 bits per heavy atom. The van der Waals surface area contributed by atoms with Crippen LogP contribution in [0.3, 0.4) is 0 Å². The van der Waals surface area contributed by atoms with Gasteiger partial charge in [-0.1, -0.05) is 36.4 Å². The average molecular weight is 404 g/mol. The molecule has 154 valence electrons. The number of ether oxygens (including phenoxy) is 1. The highest BCUT2D eigenvalue weighted by molar-refractivity contribution is 6.08. The third kappa shape index (κ3) is 3.32. The lowest BCUT2D eigenvalue weighted by atomic mass is 10.2. The number of aryl methyl sites for hydroxylation is 1. The highest BCUT2D eigenvalue weighted by atomic mass is 16.5. The van der Waals surface area contributed by atoms with Crippen LogP contribution in [0.15, 0.2) is 59.5 Å². The number of rotatable bonds is 6. The van der Waals surface area contributed by atoms with Crippen molar-refractivity contribution in [2.75, 3.05) is 6.61 Å². The van der Waals surface area contributed by atoms with Gasteiger partial charge in [0.15, 0.2) is 0 Å². The fourth-order valence-electron chi connectivity index (χ4n) is 3.78. The molecule has 1 atom stereocenters. The molecule has 0 unspecified atom stereocenters. The number of hydrogen-bond donors (Lipinski definition) is 1. The molecular weight excluding hydrogens is 380 g/mol. The van der Waals surface area contributed by atoms with E-state index in [9.17, 15) is 9.59 Å². The molecule has 0 aliphatic heterocycles. The first-order chi connectivity index (χ1) is 14.5. The van der Waals surface area contributed by atoms with Gasteiger partial charge in [-0.25, -0.2) is 4.68 Å². The maximum atomic E-state index is 13.1. The van der Waals surface area contributed by atoms with Gasteiger partial charge in [-0.3, -0.25) is 9.59 Å². The van der Waals surface area contributed by atoms with Gasteiger partial charge in [-0.15, -0.1) is 0 Å². The zero-order valence-corrected chi connectivity index (χ0v) is 17.3. The fourth-order valence-corrected chi connectivity index (χ4v) is 3.78. The summed E-state index contributed by atoms with van der Waals surface area (Å²) >= 11 is 0. The van der Waals surface area contributed by atoms with Crippen molar-refractivity contribution in [2.45, 2.75) is 26.4 Å². The number of amides is 1. The first kappa shape index (κ1) is 19.7. The summed E-state index contributed by atoms with van der Waals surface area (Å²) in [5, 5.41) is 8.79. The van der Waals surface area contributed by atoms with Gasteiger partial charge in [0.1, 0.15) is 17.3 Å². The van der Waals surface area contributed by atoms with Crippen LogP contribution in [0.25, 0.3) is 21.8 Å². The van der Waals surface area contributed by atoms with E-state index >= 15 is 0 Å². The first-order valence-corrected chi connectivity index (χ1v) is 9.96. The Morgan fingerprint density at radius 3 is 2.67 bits per heavy atom. The van der Waals surface area contributed by atoms with E-state index in [2.05, 4.69) is 10.4 Å². The molecule has 1 amide bonds. The summed E-state index contributed by atoms with van der Waals surface area (Å²) in [6, 6.07) is 14.7. The number of carbonyl (C=O) groups excluding carboxylic acids is 1. The predicted molar refractivity (Wildman–Crippen MR) is 117 cm³/mol. The lowest BCUT2D eigenvalue weighted by Gasteiger charge is -2.17. The number of nitrogens with one attached hydrogen (secondary N) is 1. The summed E-state index contributed by atoms with van der Waals surface area (Å²) in [4.78, 5) is 25.9. The van der Waals surface area contributed by atoms with Crippen LogP contribution in [0.4, 0.5) is 0 Å². The van der Waals surface area contributed by atoms with Gasteiger partial charge in [0.25, 0.3) is 5.56 Å². The second-order valence-corrected chi connectivity index (χ2v) is 7.16. The monoisotopic (exact) mass is 404 g/mol. The number of carbonyl (C=O) groups is 1. The van der Waals surface area contributed by atoms with E-state index in [0.717, 1.165) is 27.6 Å². The summed E-state index contributed by atoms with van der Waals surface area (Å²) in [5.74, 6) is 0.576. The Hall–Kier alpha value is -3.61. The van der Waals surface area contributed by atoms with Crippen LogP contribution in [0, 0.1) is 0 Å². The standard InChI is InChI=1S/C23H24N4O3/c1-4-30-20-12-8-5-9-16(20)13-24-22(28)15(2)27-19-11-7-6-10-17(19)18-14-25-26(3)23(29)21(18)27/h5-12,14-15H,4,13H2,1-3H3,(H,24,28)/t15-/m1/s1. The molecule has 4 rings (SSSR count). The molecule has 7 nitrogen and oxygen atoms in total. The van der Waals surface area contributed by atoms with E-state index in [1.165, 1.54) is 4.68 Å². The molecule has 0 bridgehead atoms. The highest BCUT2D eigenvalue weighted by Crippen LogP contribution is 2.29. The Kier molecular flexibility index (Phi) is 5.27. The minimum absolute atomic E-state index is 0.178. The molecule has 0 saturated carbocycles. The Bertz CT molecular complexity index is 1290. The fraction of sp³-hybridized carbons (Fsp3) is 0.261. The normalized spacial score (nSPS) is 12.2. The molecule has 7 heteroatoms. The van der Waals surface area contributed by atoms with Crippen molar-refractivity contribution in [3.63, 3.8) is 0 Å². The van der Waals surface area contributed by atoms with E-state index in [-0.39, 0.29) is 11.5 Å². The van der Waals surface area contributed by atoms with Crippen LogP contribution in [-0.2, 0) is 18.4 Å². The zero-order chi connectivity index (χ0) is 21.3. The Labute approximate surface area is 173 Å². The lowest BCUT2D eigenvalue weighted by Crippen LogP contribution is -2.32. The van der Waals surface area contributed by atoms with E-state index in [1.807, 2.05) is 55.5 Å². The minimum atomic E-state index is -0.582. The molecule has 1 N–H and O–H groups in total. The maximum absolute atomic E-state index is 13.1. The molecule has 0 saturated heterocycles. The molecule has 2 heterocycles. The van der Waals surface area contributed by atoms with Crippen LogP contribution in [0.1, 0.15) is 25.5 Å². The van der Waals surface area contributed by atoms with Gasteiger partial charge in [-0.05, 0) is 26.0 Å². The Morgan fingerprint density at radius 2 is 1.87 bits per heavy atom. The van der Waals surface area contributed by atoms with Crippen LogP contribution in [0.2, 0.25) is 0 Å². The van der Waals surface area contributed by atoms with Gasteiger partial charge in [0.05, 0.1) is 18.3 Å². The van der Waals surface area contributed by atoms with Gasteiger partial charge in [-0.2, -0.15) is 5.10 Å². The van der Waals surface area contributed by atoms with Gasteiger partial charge < -0.3 is 14.6 Å². The number of benzene rings is 2. The van der Waals surface area contributed by atoms with Gasteiger partial charge in [0.2, 0.25) is 5.91 Å². The smallest absolute Gasteiger partial charge is 0.291 e. The largest absolute Gasteiger partial charge is 0.494 e. The lowest BCUT2D eigenvalue weighted by molar-refractivity contribution is -0.123. The molecule has 0 aliphatic carbocycles. The van der Waals surface area contributed by atoms with Crippen molar-refractivity contribution in [1.29, 1.82) is 0 Å². The summed E-state index contributed by atoms with van der Waals surface area (Å²) in [6.45, 7) is 4.63. The van der Waals surface area contributed by atoms with Gasteiger partial charge in [0, 0.05) is 29.9 Å². The number of fused-ring (bicyclic) bond motifs is 3. The summed E-state index contributed by atoms with van der Waals surface area (Å²) < 4.78 is 8.74. The van der Waals surface area contributed by atoms with Gasteiger partial charge >= 0.3 is 0 Å². The van der Waals surface area contributed by atoms with E-state index in [4.69, 9.17) is 4.74 Å². The SMILES string of the molecule is CCOc1ccccc1CNC(=O)[C@@H](C)n1c2ccccc2c2cnn(C)c(=O)c21. The van der Waals surface area contributed by atoms with Crippen molar-refractivity contribution in [2.24, 2.45) is 7.05 Å². The Balaban J connectivity index is 1.71. The van der Waals surface area contributed by atoms with Crippen LogP contribution < -0.4 is 15.6 Å². The molecule has 0 aliphatic rings. The average Bonchev–Trinajstić information content (AvgIpc) is 3.10. The first-order valence-electron chi connectivity index (χ1n) is 9.96. The van der Waals surface area contributed by atoms with Crippen LogP contribution >= 0.6 is 0 Å². The minimum Gasteiger partial charge on any atom is -0.494 e. The van der Waals surface area contributed by atoms with Crippen molar-refractivity contribution in [1.82, 2.24) is 19.7 Å². The van der Waals surface area contributed by atoms with E-state index < -0.39 is 6.04 Å². The maximum Gasteiger partial charge on any atom is 0.291 e. The molecule has 2 aromatic heterocycles. The molecule has 0 spiro atoms. The second kappa shape index (κ2) is 8.02. The molecule has 0 radical (unpaired) electrons. The van der Waals surface area contributed by atoms with Crippen molar-refractivity contribution in [3.05, 3.63) is 70.6 Å². The van der Waals surface area contributed by atoms with Crippen LogP contribution in [-0.4, -0.2) is 26.9 Å². The summed E-state index contributed by atoms with van der Waals surface area (Å²) in [7, 11) is 1.61. The predicted octanol–water partition coefficient (Wildman–Crippen LogP) is 3.16. The summed E-state index contributed by atoms with van der Waals surface area (Å²) in [6.07, 6.45) is 1.68. The topological polar surface area (TPSA) is 78.2 Å². The summed E-state index contributed by atoms with van der Waals surface area (Å²) in [5.41, 5.74) is 1.98. The molecular formula is C23H24N4O3. The van der Waals surface area contributed by atoms with Crippen molar-refractivity contribution >= 4 is 27.7 Å². The number of para-hydroxylation sites is 2. The molecule has 2 aromatic carbocycles. The van der Waals surface area contributed by atoms with Crippen LogP contribution in [0.5, 0.6) is 5.75 Å². The quantitative estimate of drug-likeness (QED) is 0.535. The number of hydrogen-bond acceptors (Lipinski definition) is 4. The van der Waals surface area contributed by atoms with Crippen molar-refractivity contribution < 1.29 is 9.53 Å². The van der Waals surface area contributed by atoms with E-state index in [1.54, 1.807) is 24.7 Å². The van der Waals surface area contributed by atoms with Crippen molar-refractivity contribution in [3.8, 4) is 5.75 Å². The molecule has 4 aromatic rings. The third-order valence-electron chi connectivity index (χ3n) is 5.30. The molecule has 30 heavy (non-hydrogen) atoms. The highest BCUT2D eigenvalue weighted by Gasteiger charge is 2.23. The third-order valence-corrected chi connectivity index (χ3v) is 5.30.